The number of nitrogens with one attached hydrogen (secondary N) is 1. The van der Waals surface area contributed by atoms with Gasteiger partial charge >= 0.3 is 5.97 Å². The van der Waals surface area contributed by atoms with Gasteiger partial charge in [0.2, 0.25) is 0 Å². The summed E-state index contributed by atoms with van der Waals surface area (Å²) < 4.78 is 5.06. The van der Waals surface area contributed by atoms with Crippen LogP contribution in [-0.2, 0) is 9.53 Å². The van der Waals surface area contributed by atoms with Crippen molar-refractivity contribution in [3.05, 3.63) is 95.6 Å². The van der Waals surface area contributed by atoms with Crippen molar-refractivity contribution in [3.8, 4) is 0 Å². The van der Waals surface area contributed by atoms with E-state index in [1.165, 1.54) is 12.1 Å². The molecule has 0 aliphatic heterocycles. The maximum atomic E-state index is 12.4. The number of carbonyl (C=O) groups excluding carboxylic acids is 3. The van der Waals surface area contributed by atoms with Gasteiger partial charge < -0.3 is 10.1 Å². The summed E-state index contributed by atoms with van der Waals surface area (Å²) >= 11 is 1.57. The Kier molecular flexibility index (Phi) is 6.81. The Morgan fingerprint density at radius 1 is 0.828 bits per heavy atom. The van der Waals surface area contributed by atoms with Gasteiger partial charge in [0.1, 0.15) is 0 Å². The summed E-state index contributed by atoms with van der Waals surface area (Å²) in [6, 6.07) is 22.4. The summed E-state index contributed by atoms with van der Waals surface area (Å²) in [7, 11) is 0. The molecule has 6 heteroatoms. The van der Waals surface area contributed by atoms with Crippen LogP contribution in [0, 0.1) is 0 Å². The lowest BCUT2D eigenvalue weighted by Crippen LogP contribution is -2.21. The van der Waals surface area contributed by atoms with E-state index in [1.807, 2.05) is 30.5 Å². The zero-order valence-corrected chi connectivity index (χ0v) is 16.6. The van der Waals surface area contributed by atoms with Crippen molar-refractivity contribution >= 4 is 35.1 Å². The Morgan fingerprint density at radius 3 is 2.17 bits per heavy atom. The van der Waals surface area contributed by atoms with Crippen LogP contribution in [0.1, 0.15) is 26.3 Å². The maximum Gasteiger partial charge on any atom is 0.338 e. The highest BCUT2D eigenvalue weighted by molar-refractivity contribution is 7.98. The average Bonchev–Trinajstić information content (AvgIpc) is 2.77. The molecular weight excluding hydrogens is 386 g/mol. The zero-order chi connectivity index (χ0) is 20.6. The minimum Gasteiger partial charge on any atom is -0.452 e. The number of rotatable bonds is 7. The number of hydrogen-bond donors (Lipinski definition) is 1. The molecule has 146 valence electrons. The summed E-state index contributed by atoms with van der Waals surface area (Å²) in [5.74, 6) is -1.18. The van der Waals surface area contributed by atoms with Gasteiger partial charge in [-0.3, -0.25) is 9.59 Å². The summed E-state index contributed by atoms with van der Waals surface area (Å²) in [5, 5.41) is 2.69. The smallest absolute Gasteiger partial charge is 0.338 e. The van der Waals surface area contributed by atoms with Crippen molar-refractivity contribution in [2.75, 3.05) is 18.2 Å². The van der Waals surface area contributed by atoms with Crippen LogP contribution in [0.25, 0.3) is 0 Å². The van der Waals surface area contributed by atoms with Gasteiger partial charge in [-0.25, -0.2) is 4.79 Å². The van der Waals surface area contributed by atoms with Crippen molar-refractivity contribution in [3.63, 3.8) is 0 Å². The molecule has 3 aromatic rings. The van der Waals surface area contributed by atoms with E-state index >= 15 is 0 Å². The molecule has 0 atom stereocenters. The molecule has 0 bridgehead atoms. The SMILES string of the molecule is CSc1cccc(NC(=O)COC(=O)c2ccc(C(=O)c3ccccc3)cc2)c1. The van der Waals surface area contributed by atoms with E-state index in [4.69, 9.17) is 4.74 Å². The molecule has 0 saturated carbocycles. The van der Waals surface area contributed by atoms with Crippen LogP contribution < -0.4 is 5.32 Å². The third-order valence-electron chi connectivity index (χ3n) is 4.11. The van der Waals surface area contributed by atoms with Gasteiger partial charge in [-0.1, -0.05) is 48.5 Å². The molecule has 1 N–H and O–H groups in total. The molecule has 0 heterocycles. The topological polar surface area (TPSA) is 72.5 Å². The van der Waals surface area contributed by atoms with E-state index < -0.39 is 18.5 Å². The molecule has 29 heavy (non-hydrogen) atoms. The standard InChI is InChI=1S/C23H19NO4S/c1-29-20-9-5-8-19(14-20)24-21(25)15-28-23(27)18-12-10-17(11-13-18)22(26)16-6-3-2-4-7-16/h2-14H,15H2,1H3,(H,24,25). The first kappa shape index (κ1) is 20.4. The fraction of sp³-hybridized carbons (Fsp3) is 0.0870. The number of benzene rings is 3. The molecule has 0 spiro atoms. The predicted octanol–water partition coefficient (Wildman–Crippen LogP) is 4.44. The largest absolute Gasteiger partial charge is 0.452 e. The lowest BCUT2D eigenvalue weighted by atomic mass is 10.0. The van der Waals surface area contributed by atoms with Crippen LogP contribution in [0.4, 0.5) is 5.69 Å². The van der Waals surface area contributed by atoms with E-state index in [2.05, 4.69) is 5.32 Å². The highest BCUT2D eigenvalue weighted by Gasteiger charge is 2.13. The minimum atomic E-state index is -0.628. The second-order valence-electron chi connectivity index (χ2n) is 6.13. The van der Waals surface area contributed by atoms with Crippen LogP contribution in [0.5, 0.6) is 0 Å². The number of ketones is 1. The minimum absolute atomic E-state index is 0.127. The number of anilines is 1. The number of amides is 1. The van der Waals surface area contributed by atoms with E-state index in [-0.39, 0.29) is 11.3 Å². The number of ether oxygens (including phenoxy) is 1. The molecule has 0 aliphatic rings. The fourth-order valence-electron chi connectivity index (χ4n) is 2.63. The molecule has 0 aromatic heterocycles. The third-order valence-corrected chi connectivity index (χ3v) is 4.83. The molecule has 0 saturated heterocycles. The van der Waals surface area contributed by atoms with Gasteiger partial charge in [0, 0.05) is 21.7 Å². The monoisotopic (exact) mass is 405 g/mol. The van der Waals surface area contributed by atoms with E-state index in [1.54, 1.807) is 54.2 Å². The van der Waals surface area contributed by atoms with Crippen molar-refractivity contribution < 1.29 is 19.1 Å². The zero-order valence-electron chi connectivity index (χ0n) is 15.8. The molecule has 1 amide bonds. The van der Waals surface area contributed by atoms with Crippen LogP contribution in [-0.4, -0.2) is 30.5 Å². The number of hydrogen-bond acceptors (Lipinski definition) is 5. The molecule has 0 fully saturated rings. The highest BCUT2D eigenvalue weighted by Crippen LogP contribution is 2.19. The first-order valence-electron chi connectivity index (χ1n) is 8.87. The first-order valence-corrected chi connectivity index (χ1v) is 10.1. The molecular formula is C23H19NO4S. The third kappa shape index (κ3) is 5.56. The van der Waals surface area contributed by atoms with Crippen LogP contribution in [0.3, 0.4) is 0 Å². The number of esters is 1. The summed E-state index contributed by atoms with van der Waals surface area (Å²) in [6.07, 6.45) is 1.95. The number of thioether (sulfide) groups is 1. The fourth-order valence-corrected chi connectivity index (χ4v) is 3.09. The van der Waals surface area contributed by atoms with Crippen molar-refractivity contribution in [1.82, 2.24) is 0 Å². The molecule has 5 nitrogen and oxygen atoms in total. The van der Waals surface area contributed by atoms with Gasteiger partial charge in [-0.15, -0.1) is 11.8 Å². The highest BCUT2D eigenvalue weighted by atomic mass is 32.2. The first-order chi connectivity index (χ1) is 14.1. The van der Waals surface area contributed by atoms with Gasteiger partial charge in [-0.2, -0.15) is 0 Å². The second-order valence-corrected chi connectivity index (χ2v) is 7.01. The molecule has 0 aliphatic carbocycles. The molecule has 3 rings (SSSR count). The average molecular weight is 405 g/mol. The van der Waals surface area contributed by atoms with Crippen molar-refractivity contribution in [2.24, 2.45) is 0 Å². The Labute approximate surface area is 173 Å². The maximum absolute atomic E-state index is 12.4. The Hall–Kier alpha value is -3.38. The summed E-state index contributed by atoms with van der Waals surface area (Å²) in [5.41, 5.74) is 1.96. The second kappa shape index (κ2) is 9.71. The lowest BCUT2D eigenvalue weighted by Gasteiger charge is -2.08. The van der Waals surface area contributed by atoms with Crippen molar-refractivity contribution in [1.29, 1.82) is 0 Å². The number of carbonyl (C=O) groups is 3. The van der Waals surface area contributed by atoms with E-state index in [0.29, 0.717) is 16.8 Å². The Balaban J connectivity index is 1.55. The summed E-state index contributed by atoms with van der Waals surface area (Å²) in [6.45, 7) is -0.396. The van der Waals surface area contributed by atoms with Gasteiger partial charge in [-0.05, 0) is 36.6 Å². The predicted molar refractivity (Wildman–Crippen MR) is 113 cm³/mol. The quantitative estimate of drug-likeness (QED) is 0.358. The van der Waals surface area contributed by atoms with Crippen LogP contribution >= 0.6 is 11.8 Å². The lowest BCUT2D eigenvalue weighted by molar-refractivity contribution is -0.119. The van der Waals surface area contributed by atoms with E-state index in [9.17, 15) is 14.4 Å². The molecule has 3 aromatic carbocycles. The van der Waals surface area contributed by atoms with Gasteiger partial charge in [0.05, 0.1) is 5.56 Å². The van der Waals surface area contributed by atoms with Crippen LogP contribution in [0.15, 0.2) is 83.8 Å². The Bertz CT molecular complexity index is 1020. The van der Waals surface area contributed by atoms with Gasteiger partial charge in [0.25, 0.3) is 5.91 Å². The van der Waals surface area contributed by atoms with E-state index in [0.717, 1.165) is 4.90 Å². The van der Waals surface area contributed by atoms with Gasteiger partial charge in [0.15, 0.2) is 12.4 Å². The Morgan fingerprint density at radius 2 is 1.48 bits per heavy atom. The molecule has 0 radical (unpaired) electrons. The van der Waals surface area contributed by atoms with Crippen LogP contribution in [0.2, 0.25) is 0 Å². The van der Waals surface area contributed by atoms with Crippen molar-refractivity contribution in [2.45, 2.75) is 4.90 Å². The summed E-state index contributed by atoms with van der Waals surface area (Å²) in [4.78, 5) is 37.6. The normalized spacial score (nSPS) is 10.2. The molecule has 0 unspecified atom stereocenters.